The molecule has 0 saturated heterocycles. The molecule has 8 heteroatoms. The summed E-state index contributed by atoms with van der Waals surface area (Å²) in [6.07, 6.45) is 4.91. The zero-order valence-corrected chi connectivity index (χ0v) is 15.0. The number of methoxy groups -OCH3 is 2. The van der Waals surface area contributed by atoms with Crippen molar-refractivity contribution in [2.45, 2.75) is 6.54 Å². The standard InChI is InChI=1S/C18H17ClN4O3/c1-25-14-10-12(9-13(19)18(14)26-2)6-7-17(24)20-11-16-22-21-15-5-3-4-8-23(15)16/h3-10H,11H2,1-2H3,(H,20,24)/b7-6+. The fourth-order valence-corrected chi connectivity index (χ4v) is 2.74. The van der Waals surface area contributed by atoms with E-state index in [0.29, 0.717) is 22.3 Å². The van der Waals surface area contributed by atoms with Crippen molar-refractivity contribution in [2.24, 2.45) is 0 Å². The van der Waals surface area contributed by atoms with Gasteiger partial charge in [0.2, 0.25) is 5.91 Å². The normalized spacial score (nSPS) is 11.0. The molecule has 0 radical (unpaired) electrons. The molecule has 0 aliphatic heterocycles. The summed E-state index contributed by atoms with van der Waals surface area (Å²) in [5, 5.41) is 11.3. The summed E-state index contributed by atoms with van der Waals surface area (Å²) < 4.78 is 12.2. The van der Waals surface area contributed by atoms with E-state index in [-0.39, 0.29) is 12.5 Å². The lowest BCUT2D eigenvalue weighted by molar-refractivity contribution is -0.116. The molecule has 2 heterocycles. The van der Waals surface area contributed by atoms with E-state index >= 15 is 0 Å². The quantitative estimate of drug-likeness (QED) is 0.673. The minimum atomic E-state index is -0.261. The average molecular weight is 373 g/mol. The van der Waals surface area contributed by atoms with E-state index in [4.69, 9.17) is 21.1 Å². The summed E-state index contributed by atoms with van der Waals surface area (Å²) in [5.74, 6) is 1.34. The Morgan fingerprint density at radius 3 is 2.88 bits per heavy atom. The van der Waals surface area contributed by atoms with E-state index in [2.05, 4.69) is 15.5 Å². The summed E-state index contributed by atoms with van der Waals surface area (Å²) in [7, 11) is 3.04. The van der Waals surface area contributed by atoms with Crippen LogP contribution in [0.5, 0.6) is 11.5 Å². The van der Waals surface area contributed by atoms with Gasteiger partial charge in [-0.15, -0.1) is 10.2 Å². The highest BCUT2D eigenvalue weighted by Gasteiger charge is 2.10. The second kappa shape index (κ2) is 7.88. The van der Waals surface area contributed by atoms with Gasteiger partial charge in [0, 0.05) is 12.3 Å². The van der Waals surface area contributed by atoms with Gasteiger partial charge in [0.25, 0.3) is 0 Å². The average Bonchev–Trinajstić information content (AvgIpc) is 3.07. The van der Waals surface area contributed by atoms with E-state index < -0.39 is 0 Å². The molecule has 0 spiro atoms. The van der Waals surface area contributed by atoms with E-state index in [9.17, 15) is 4.79 Å². The number of hydrogen-bond acceptors (Lipinski definition) is 5. The largest absolute Gasteiger partial charge is 0.493 e. The molecule has 3 rings (SSSR count). The summed E-state index contributed by atoms with van der Waals surface area (Å²) in [6, 6.07) is 9.03. The lowest BCUT2D eigenvalue weighted by Crippen LogP contribution is -2.21. The molecule has 0 unspecified atom stereocenters. The summed E-state index contributed by atoms with van der Waals surface area (Å²) >= 11 is 6.16. The first-order valence-electron chi connectivity index (χ1n) is 7.78. The lowest BCUT2D eigenvalue weighted by Gasteiger charge is -2.10. The van der Waals surface area contributed by atoms with Gasteiger partial charge < -0.3 is 14.8 Å². The number of fused-ring (bicyclic) bond motifs is 1. The Kier molecular flexibility index (Phi) is 5.38. The molecule has 1 amide bonds. The van der Waals surface area contributed by atoms with E-state index in [1.54, 1.807) is 18.2 Å². The highest BCUT2D eigenvalue weighted by molar-refractivity contribution is 6.32. The maximum Gasteiger partial charge on any atom is 0.244 e. The fourth-order valence-electron chi connectivity index (χ4n) is 2.44. The molecule has 0 fully saturated rings. The van der Waals surface area contributed by atoms with Crippen molar-refractivity contribution in [1.82, 2.24) is 19.9 Å². The zero-order valence-electron chi connectivity index (χ0n) is 14.3. The minimum absolute atomic E-state index is 0.261. The van der Waals surface area contributed by atoms with Crippen LogP contribution in [0.4, 0.5) is 0 Å². The third-order valence-electron chi connectivity index (χ3n) is 3.69. The second-order valence-corrected chi connectivity index (χ2v) is 5.74. The van der Waals surface area contributed by atoms with Crippen molar-refractivity contribution < 1.29 is 14.3 Å². The number of nitrogens with zero attached hydrogens (tertiary/aromatic N) is 3. The van der Waals surface area contributed by atoms with Crippen LogP contribution in [0.2, 0.25) is 5.02 Å². The highest BCUT2D eigenvalue weighted by Crippen LogP contribution is 2.36. The predicted molar refractivity (Wildman–Crippen MR) is 98.4 cm³/mol. The van der Waals surface area contributed by atoms with Gasteiger partial charge in [0.15, 0.2) is 23.0 Å². The summed E-state index contributed by atoms with van der Waals surface area (Å²) in [6.45, 7) is 0.265. The highest BCUT2D eigenvalue weighted by atomic mass is 35.5. The number of aromatic nitrogens is 3. The van der Waals surface area contributed by atoms with Gasteiger partial charge >= 0.3 is 0 Å². The van der Waals surface area contributed by atoms with Crippen LogP contribution in [0.25, 0.3) is 11.7 Å². The third-order valence-corrected chi connectivity index (χ3v) is 3.97. The Labute approximate surface area is 155 Å². The molecule has 0 atom stereocenters. The van der Waals surface area contributed by atoms with Gasteiger partial charge in [-0.2, -0.15) is 0 Å². The molecule has 1 N–H and O–H groups in total. The van der Waals surface area contributed by atoms with Crippen LogP contribution in [-0.2, 0) is 11.3 Å². The molecule has 0 aliphatic rings. The first-order valence-corrected chi connectivity index (χ1v) is 8.16. The van der Waals surface area contributed by atoms with Crippen LogP contribution in [0.3, 0.4) is 0 Å². The van der Waals surface area contributed by atoms with Gasteiger partial charge in [-0.05, 0) is 35.9 Å². The van der Waals surface area contributed by atoms with E-state index in [1.807, 2.05) is 28.8 Å². The third kappa shape index (κ3) is 3.78. The number of halogens is 1. The Bertz CT molecular complexity index is 968. The van der Waals surface area contributed by atoms with Crippen LogP contribution < -0.4 is 14.8 Å². The van der Waals surface area contributed by atoms with Gasteiger partial charge in [0.1, 0.15) is 0 Å². The molecular formula is C18H17ClN4O3. The number of amides is 1. The number of pyridine rings is 1. The molecule has 7 nitrogen and oxygen atoms in total. The first kappa shape index (κ1) is 17.8. The fraction of sp³-hybridized carbons (Fsp3) is 0.167. The lowest BCUT2D eigenvalue weighted by atomic mass is 10.2. The Balaban J connectivity index is 1.67. The SMILES string of the molecule is COc1cc(/C=C/C(=O)NCc2nnc3ccccn23)cc(Cl)c1OC. The molecule has 0 saturated carbocycles. The summed E-state index contributed by atoms with van der Waals surface area (Å²) in [5.41, 5.74) is 1.45. The van der Waals surface area contributed by atoms with Crippen molar-refractivity contribution in [2.75, 3.05) is 14.2 Å². The van der Waals surface area contributed by atoms with Gasteiger partial charge in [-0.1, -0.05) is 17.7 Å². The number of ether oxygens (including phenoxy) is 2. The number of rotatable bonds is 6. The monoisotopic (exact) mass is 372 g/mol. The second-order valence-electron chi connectivity index (χ2n) is 5.33. The van der Waals surface area contributed by atoms with Crippen molar-refractivity contribution in [3.63, 3.8) is 0 Å². The maximum absolute atomic E-state index is 12.1. The van der Waals surface area contributed by atoms with Crippen LogP contribution in [0.1, 0.15) is 11.4 Å². The molecule has 134 valence electrons. The van der Waals surface area contributed by atoms with Crippen LogP contribution in [-0.4, -0.2) is 34.7 Å². The predicted octanol–water partition coefficient (Wildman–Crippen LogP) is 2.73. The number of benzene rings is 1. The summed E-state index contributed by atoms with van der Waals surface area (Å²) in [4.78, 5) is 12.1. The van der Waals surface area contributed by atoms with Crippen molar-refractivity contribution in [3.8, 4) is 11.5 Å². The molecular weight excluding hydrogens is 356 g/mol. The topological polar surface area (TPSA) is 77.8 Å². The number of carbonyl (C=O) groups excluding carboxylic acids is 1. The van der Waals surface area contributed by atoms with Gasteiger partial charge in [-0.25, -0.2) is 0 Å². The number of nitrogens with one attached hydrogen (secondary N) is 1. The Hall–Kier alpha value is -3.06. The Morgan fingerprint density at radius 2 is 2.12 bits per heavy atom. The molecule has 2 aromatic heterocycles. The molecule has 3 aromatic rings. The molecule has 26 heavy (non-hydrogen) atoms. The number of hydrogen-bond donors (Lipinski definition) is 1. The van der Waals surface area contributed by atoms with Crippen LogP contribution in [0.15, 0.2) is 42.6 Å². The Morgan fingerprint density at radius 1 is 1.27 bits per heavy atom. The molecule has 0 aliphatic carbocycles. The zero-order chi connectivity index (χ0) is 18.5. The maximum atomic E-state index is 12.1. The van der Waals surface area contributed by atoms with Crippen molar-refractivity contribution in [1.29, 1.82) is 0 Å². The molecule has 0 bridgehead atoms. The van der Waals surface area contributed by atoms with Crippen molar-refractivity contribution >= 4 is 29.2 Å². The van der Waals surface area contributed by atoms with Crippen LogP contribution >= 0.6 is 11.6 Å². The van der Waals surface area contributed by atoms with E-state index in [0.717, 1.165) is 11.2 Å². The van der Waals surface area contributed by atoms with Gasteiger partial charge in [0.05, 0.1) is 25.8 Å². The van der Waals surface area contributed by atoms with E-state index in [1.165, 1.54) is 20.3 Å². The minimum Gasteiger partial charge on any atom is -0.493 e. The number of carbonyl (C=O) groups is 1. The van der Waals surface area contributed by atoms with Crippen molar-refractivity contribution in [3.05, 3.63) is 59.0 Å². The molecule has 1 aromatic carbocycles. The van der Waals surface area contributed by atoms with Gasteiger partial charge in [-0.3, -0.25) is 9.20 Å². The first-order chi connectivity index (χ1) is 12.6. The smallest absolute Gasteiger partial charge is 0.244 e. The van der Waals surface area contributed by atoms with Crippen LogP contribution in [0, 0.1) is 0 Å².